The van der Waals surface area contributed by atoms with Crippen LogP contribution in [0.5, 0.6) is 0 Å². The first-order chi connectivity index (χ1) is 8.97. The molecular weight excluding hydrogens is 240 g/mol. The Morgan fingerprint density at radius 2 is 1.79 bits per heavy atom. The lowest BCUT2D eigenvalue weighted by Gasteiger charge is -2.28. The number of benzene rings is 1. The van der Waals surface area contributed by atoms with Gasteiger partial charge >= 0.3 is 0 Å². The summed E-state index contributed by atoms with van der Waals surface area (Å²) in [5.74, 6) is 0.831. The zero-order valence-electron chi connectivity index (χ0n) is 11.9. The van der Waals surface area contributed by atoms with E-state index in [1.54, 1.807) is 13.0 Å². The number of nitrogens with zero attached hydrogens (tertiary/aromatic N) is 1. The number of nitro groups is 1. The number of hydrogen-bond acceptors (Lipinski definition) is 3. The summed E-state index contributed by atoms with van der Waals surface area (Å²) in [4.78, 5) is 10.6. The molecule has 0 atom stereocenters. The second kappa shape index (κ2) is 5.59. The summed E-state index contributed by atoms with van der Waals surface area (Å²) in [7, 11) is 0. The predicted octanol–water partition coefficient (Wildman–Crippen LogP) is 4.20. The number of anilines is 1. The first-order valence-corrected chi connectivity index (χ1v) is 6.99. The van der Waals surface area contributed by atoms with E-state index < -0.39 is 0 Å². The van der Waals surface area contributed by atoms with Crippen molar-refractivity contribution >= 4 is 11.4 Å². The van der Waals surface area contributed by atoms with Gasteiger partial charge in [0.05, 0.1) is 4.92 Å². The second-order valence-electron chi connectivity index (χ2n) is 5.81. The van der Waals surface area contributed by atoms with Crippen molar-refractivity contribution in [2.75, 3.05) is 5.32 Å². The van der Waals surface area contributed by atoms with Crippen LogP contribution in [-0.4, -0.2) is 11.0 Å². The molecular formula is C15H22N2O2. The number of nitrogens with one attached hydrogen (secondary N) is 1. The largest absolute Gasteiger partial charge is 0.382 e. The molecule has 1 N–H and O–H groups in total. The van der Waals surface area contributed by atoms with Crippen LogP contribution in [0.25, 0.3) is 0 Å². The molecule has 0 radical (unpaired) electrons. The van der Waals surface area contributed by atoms with Crippen molar-refractivity contribution in [1.82, 2.24) is 0 Å². The Morgan fingerprint density at radius 1 is 1.16 bits per heavy atom. The minimum atomic E-state index is -0.311. The predicted molar refractivity (Wildman–Crippen MR) is 77.6 cm³/mol. The van der Waals surface area contributed by atoms with Gasteiger partial charge in [-0.05, 0) is 57.1 Å². The van der Waals surface area contributed by atoms with Crippen LogP contribution in [-0.2, 0) is 0 Å². The van der Waals surface area contributed by atoms with Gasteiger partial charge in [0, 0.05) is 23.4 Å². The van der Waals surface area contributed by atoms with E-state index in [1.807, 2.05) is 13.0 Å². The molecule has 0 heterocycles. The van der Waals surface area contributed by atoms with Gasteiger partial charge in [0.1, 0.15) is 0 Å². The molecule has 1 aromatic rings. The minimum Gasteiger partial charge on any atom is -0.382 e. The molecule has 1 aliphatic carbocycles. The minimum absolute atomic E-state index is 0.209. The standard InChI is InChI=1S/C15H22N2O2/c1-10-4-6-13(7-5-10)16-14-8-12(3)15(17(18)19)9-11(14)2/h8-10,13,16H,4-7H2,1-3H3. The Kier molecular flexibility index (Phi) is 4.08. The van der Waals surface area contributed by atoms with E-state index in [0.717, 1.165) is 22.7 Å². The summed E-state index contributed by atoms with van der Waals surface area (Å²) in [6.45, 7) is 6.03. The SMILES string of the molecule is Cc1cc([N+](=O)[O-])c(C)cc1NC1CCC(C)CC1. The molecule has 0 amide bonds. The third kappa shape index (κ3) is 3.25. The van der Waals surface area contributed by atoms with Crippen molar-refractivity contribution in [3.8, 4) is 0 Å². The lowest BCUT2D eigenvalue weighted by atomic mass is 9.87. The maximum Gasteiger partial charge on any atom is 0.272 e. The summed E-state index contributed by atoms with van der Waals surface area (Å²) < 4.78 is 0. The third-order valence-corrected chi connectivity index (χ3v) is 4.12. The van der Waals surface area contributed by atoms with Crippen molar-refractivity contribution in [2.24, 2.45) is 5.92 Å². The van der Waals surface area contributed by atoms with Crippen LogP contribution in [0.1, 0.15) is 43.7 Å². The van der Waals surface area contributed by atoms with E-state index in [4.69, 9.17) is 0 Å². The Labute approximate surface area is 114 Å². The van der Waals surface area contributed by atoms with E-state index in [9.17, 15) is 10.1 Å². The van der Waals surface area contributed by atoms with Crippen molar-refractivity contribution in [3.05, 3.63) is 33.4 Å². The molecule has 0 saturated heterocycles. The van der Waals surface area contributed by atoms with E-state index in [1.165, 1.54) is 25.7 Å². The van der Waals surface area contributed by atoms with Gasteiger partial charge in [-0.2, -0.15) is 0 Å². The number of rotatable bonds is 3. The summed E-state index contributed by atoms with van der Waals surface area (Å²) in [6.07, 6.45) is 4.92. The Morgan fingerprint density at radius 3 is 2.37 bits per heavy atom. The quantitative estimate of drug-likeness (QED) is 0.656. The molecule has 104 valence electrons. The van der Waals surface area contributed by atoms with Gasteiger partial charge in [-0.3, -0.25) is 10.1 Å². The zero-order chi connectivity index (χ0) is 14.0. The monoisotopic (exact) mass is 262 g/mol. The highest BCUT2D eigenvalue weighted by Gasteiger charge is 2.20. The topological polar surface area (TPSA) is 55.2 Å². The van der Waals surface area contributed by atoms with Crippen LogP contribution in [0.2, 0.25) is 0 Å². The average molecular weight is 262 g/mol. The van der Waals surface area contributed by atoms with Crippen LogP contribution >= 0.6 is 0 Å². The smallest absolute Gasteiger partial charge is 0.272 e. The van der Waals surface area contributed by atoms with E-state index in [0.29, 0.717) is 6.04 Å². The normalized spacial score (nSPS) is 23.1. The highest BCUT2D eigenvalue weighted by molar-refractivity contribution is 5.59. The molecule has 1 aromatic carbocycles. The van der Waals surface area contributed by atoms with Crippen LogP contribution in [0, 0.1) is 29.9 Å². The maximum absolute atomic E-state index is 10.9. The summed E-state index contributed by atoms with van der Waals surface area (Å²) in [5, 5.41) is 14.5. The van der Waals surface area contributed by atoms with E-state index >= 15 is 0 Å². The molecule has 4 nitrogen and oxygen atoms in total. The van der Waals surface area contributed by atoms with Crippen LogP contribution in [0.4, 0.5) is 11.4 Å². The summed E-state index contributed by atoms with van der Waals surface area (Å²) in [6, 6.07) is 4.09. The van der Waals surface area contributed by atoms with Gasteiger partial charge in [-0.25, -0.2) is 0 Å². The molecule has 1 aliphatic rings. The second-order valence-corrected chi connectivity index (χ2v) is 5.81. The van der Waals surface area contributed by atoms with Gasteiger partial charge in [0.25, 0.3) is 5.69 Å². The highest BCUT2D eigenvalue weighted by Crippen LogP contribution is 2.30. The average Bonchev–Trinajstić information content (AvgIpc) is 2.35. The van der Waals surface area contributed by atoms with Gasteiger partial charge in [0.2, 0.25) is 0 Å². The van der Waals surface area contributed by atoms with Gasteiger partial charge in [0.15, 0.2) is 0 Å². The third-order valence-electron chi connectivity index (χ3n) is 4.12. The Hall–Kier alpha value is -1.58. The lowest BCUT2D eigenvalue weighted by Crippen LogP contribution is -2.25. The number of hydrogen-bond donors (Lipinski definition) is 1. The highest BCUT2D eigenvalue weighted by atomic mass is 16.6. The molecule has 1 saturated carbocycles. The van der Waals surface area contributed by atoms with Crippen molar-refractivity contribution in [1.29, 1.82) is 0 Å². The molecule has 0 unspecified atom stereocenters. The molecule has 19 heavy (non-hydrogen) atoms. The fourth-order valence-corrected chi connectivity index (χ4v) is 2.78. The van der Waals surface area contributed by atoms with Crippen molar-refractivity contribution < 1.29 is 4.92 Å². The first kappa shape index (κ1) is 13.8. The Bertz CT molecular complexity index is 477. The van der Waals surface area contributed by atoms with Crippen molar-refractivity contribution in [3.63, 3.8) is 0 Å². The fraction of sp³-hybridized carbons (Fsp3) is 0.600. The van der Waals surface area contributed by atoms with E-state index in [-0.39, 0.29) is 10.6 Å². The molecule has 4 heteroatoms. The molecule has 1 fully saturated rings. The van der Waals surface area contributed by atoms with Crippen LogP contribution < -0.4 is 5.32 Å². The fourth-order valence-electron chi connectivity index (χ4n) is 2.78. The summed E-state index contributed by atoms with van der Waals surface area (Å²) in [5.41, 5.74) is 2.93. The number of nitro benzene ring substituents is 1. The Balaban J connectivity index is 2.13. The lowest BCUT2D eigenvalue weighted by molar-refractivity contribution is -0.385. The summed E-state index contributed by atoms with van der Waals surface area (Å²) >= 11 is 0. The molecule has 0 aliphatic heterocycles. The van der Waals surface area contributed by atoms with Gasteiger partial charge < -0.3 is 5.32 Å². The van der Waals surface area contributed by atoms with E-state index in [2.05, 4.69) is 12.2 Å². The number of aryl methyl sites for hydroxylation is 2. The molecule has 0 bridgehead atoms. The molecule has 2 rings (SSSR count). The van der Waals surface area contributed by atoms with Gasteiger partial charge in [-0.15, -0.1) is 0 Å². The van der Waals surface area contributed by atoms with Gasteiger partial charge in [-0.1, -0.05) is 6.92 Å². The molecule has 0 spiro atoms. The molecule has 0 aromatic heterocycles. The van der Waals surface area contributed by atoms with Crippen molar-refractivity contribution in [2.45, 2.75) is 52.5 Å². The van der Waals surface area contributed by atoms with Crippen LogP contribution in [0.3, 0.4) is 0 Å². The zero-order valence-corrected chi connectivity index (χ0v) is 11.9. The maximum atomic E-state index is 10.9. The first-order valence-electron chi connectivity index (χ1n) is 6.99. The van der Waals surface area contributed by atoms with Crippen LogP contribution in [0.15, 0.2) is 12.1 Å².